The molecule has 0 bridgehead atoms. The summed E-state index contributed by atoms with van der Waals surface area (Å²) in [7, 11) is 0. The van der Waals surface area contributed by atoms with Crippen molar-refractivity contribution in [2.45, 2.75) is 0 Å². The van der Waals surface area contributed by atoms with Crippen LogP contribution in [0.2, 0.25) is 0 Å². The second kappa shape index (κ2) is 3.69. The van der Waals surface area contributed by atoms with E-state index in [2.05, 4.69) is 0 Å². The van der Waals surface area contributed by atoms with E-state index in [1.807, 2.05) is 0 Å². The van der Waals surface area contributed by atoms with Gasteiger partial charge in [-0.05, 0) is 35.4 Å². The predicted molar refractivity (Wildman–Crippen MR) is 56.2 cm³/mol. The van der Waals surface area contributed by atoms with E-state index in [1.165, 1.54) is 12.1 Å². The molecule has 2 rings (SSSR count). The maximum Gasteiger partial charge on any atom is 0.126 e. The predicted octanol–water partition coefficient (Wildman–Crippen LogP) is 3.21. The first-order chi connectivity index (χ1) is 7.15. The molecule has 1 nitrogen and oxygen atoms in total. The van der Waals surface area contributed by atoms with Gasteiger partial charge in [-0.25, -0.2) is 8.78 Å². The van der Waals surface area contributed by atoms with Gasteiger partial charge in [0, 0.05) is 11.8 Å². The summed E-state index contributed by atoms with van der Waals surface area (Å²) in [5.41, 5.74) is 7.38. The molecule has 0 amide bonds. The summed E-state index contributed by atoms with van der Waals surface area (Å²) >= 11 is 0. The Morgan fingerprint density at radius 3 is 1.80 bits per heavy atom. The van der Waals surface area contributed by atoms with Crippen LogP contribution < -0.4 is 5.73 Å². The summed E-state index contributed by atoms with van der Waals surface area (Å²) < 4.78 is 25.9. The zero-order valence-electron chi connectivity index (χ0n) is 7.87. The minimum Gasteiger partial charge on any atom is -0.399 e. The average molecular weight is 205 g/mol. The van der Waals surface area contributed by atoms with Gasteiger partial charge in [-0.15, -0.1) is 0 Å². The van der Waals surface area contributed by atoms with E-state index >= 15 is 0 Å². The van der Waals surface area contributed by atoms with Crippen LogP contribution in [0.3, 0.4) is 0 Å². The van der Waals surface area contributed by atoms with Gasteiger partial charge in [-0.1, -0.05) is 12.1 Å². The minimum atomic E-state index is -0.582. The summed E-state index contributed by atoms with van der Waals surface area (Å²) in [6.45, 7) is 0. The number of benzene rings is 2. The largest absolute Gasteiger partial charge is 0.399 e. The molecule has 15 heavy (non-hydrogen) atoms. The molecule has 0 atom stereocenters. The van der Waals surface area contributed by atoms with Gasteiger partial charge in [0.15, 0.2) is 0 Å². The van der Waals surface area contributed by atoms with E-state index in [4.69, 9.17) is 5.73 Å². The molecule has 76 valence electrons. The lowest BCUT2D eigenvalue weighted by atomic mass is 10.1. The lowest BCUT2D eigenvalue weighted by molar-refractivity contribution is 0.584. The van der Waals surface area contributed by atoms with Crippen molar-refractivity contribution in [3.8, 4) is 11.1 Å². The van der Waals surface area contributed by atoms with Crippen molar-refractivity contribution in [3.05, 3.63) is 54.1 Å². The highest BCUT2D eigenvalue weighted by molar-refractivity contribution is 5.65. The molecule has 0 aliphatic carbocycles. The number of halogens is 2. The second-order valence-electron chi connectivity index (χ2n) is 3.28. The highest BCUT2D eigenvalue weighted by Crippen LogP contribution is 2.22. The fraction of sp³-hybridized carbons (Fsp3) is 0. The van der Waals surface area contributed by atoms with Crippen molar-refractivity contribution in [1.82, 2.24) is 0 Å². The quantitative estimate of drug-likeness (QED) is 0.711. The van der Waals surface area contributed by atoms with Gasteiger partial charge in [-0.3, -0.25) is 0 Å². The van der Waals surface area contributed by atoms with Crippen LogP contribution in [0.15, 0.2) is 42.5 Å². The van der Waals surface area contributed by atoms with Crippen LogP contribution in [-0.2, 0) is 0 Å². The zero-order valence-corrected chi connectivity index (χ0v) is 7.87. The van der Waals surface area contributed by atoms with Gasteiger partial charge < -0.3 is 5.73 Å². The molecule has 0 aliphatic heterocycles. The molecule has 0 heterocycles. The Bertz CT molecular complexity index is 457. The van der Waals surface area contributed by atoms with Crippen LogP contribution in [0, 0.1) is 11.6 Å². The van der Waals surface area contributed by atoms with E-state index < -0.39 is 11.6 Å². The Morgan fingerprint density at radius 2 is 1.27 bits per heavy atom. The molecule has 2 N–H and O–H groups in total. The first kappa shape index (κ1) is 9.65. The van der Waals surface area contributed by atoms with Gasteiger partial charge in [0.25, 0.3) is 0 Å². The van der Waals surface area contributed by atoms with Crippen LogP contribution >= 0.6 is 0 Å². The molecule has 0 saturated heterocycles. The molecule has 3 heteroatoms. The van der Waals surface area contributed by atoms with Crippen LogP contribution in [0.4, 0.5) is 14.5 Å². The van der Waals surface area contributed by atoms with Crippen molar-refractivity contribution >= 4 is 5.69 Å². The highest BCUT2D eigenvalue weighted by Gasteiger charge is 2.02. The standard InChI is InChI=1S/C12H9F2N/c13-10-5-9(6-11(14)7-10)8-1-3-12(15)4-2-8/h1-7H,15H2. The molecule has 0 spiro atoms. The molecule has 0 aromatic heterocycles. The fourth-order valence-electron chi connectivity index (χ4n) is 1.40. The van der Waals surface area contributed by atoms with E-state index in [1.54, 1.807) is 24.3 Å². The van der Waals surface area contributed by atoms with Gasteiger partial charge in [0.2, 0.25) is 0 Å². The monoisotopic (exact) mass is 205 g/mol. The number of hydrogen-bond donors (Lipinski definition) is 1. The smallest absolute Gasteiger partial charge is 0.126 e. The Kier molecular flexibility index (Phi) is 2.37. The molecular formula is C12H9F2N. The van der Waals surface area contributed by atoms with Crippen molar-refractivity contribution in [2.24, 2.45) is 0 Å². The molecule has 0 aliphatic rings. The Labute approximate surface area is 86.2 Å². The first-order valence-electron chi connectivity index (χ1n) is 4.47. The Morgan fingerprint density at radius 1 is 0.733 bits per heavy atom. The molecule has 0 unspecified atom stereocenters. The number of nitrogens with two attached hydrogens (primary N) is 1. The lowest BCUT2D eigenvalue weighted by Crippen LogP contribution is -1.86. The summed E-state index contributed by atoms with van der Waals surface area (Å²) in [5.74, 6) is -1.16. The summed E-state index contributed by atoms with van der Waals surface area (Å²) in [6.07, 6.45) is 0. The third kappa shape index (κ3) is 2.13. The molecule has 2 aromatic carbocycles. The van der Waals surface area contributed by atoms with E-state index in [-0.39, 0.29) is 0 Å². The molecule has 0 radical (unpaired) electrons. The highest BCUT2D eigenvalue weighted by atomic mass is 19.1. The fourth-order valence-corrected chi connectivity index (χ4v) is 1.40. The number of nitrogen functional groups attached to an aromatic ring is 1. The second-order valence-corrected chi connectivity index (χ2v) is 3.28. The summed E-state index contributed by atoms with van der Waals surface area (Å²) in [4.78, 5) is 0. The van der Waals surface area contributed by atoms with E-state index in [9.17, 15) is 8.78 Å². The van der Waals surface area contributed by atoms with Crippen molar-refractivity contribution < 1.29 is 8.78 Å². The van der Waals surface area contributed by atoms with Crippen molar-refractivity contribution in [2.75, 3.05) is 5.73 Å². The average Bonchev–Trinajstić information content (AvgIpc) is 2.17. The Balaban J connectivity index is 2.49. The maximum atomic E-state index is 12.9. The van der Waals surface area contributed by atoms with Crippen LogP contribution in [0.1, 0.15) is 0 Å². The summed E-state index contributed by atoms with van der Waals surface area (Å²) in [6, 6.07) is 10.3. The number of anilines is 1. The minimum absolute atomic E-state index is 0.507. The van der Waals surface area contributed by atoms with E-state index in [0.717, 1.165) is 11.6 Å². The molecule has 0 fully saturated rings. The van der Waals surface area contributed by atoms with Gasteiger partial charge >= 0.3 is 0 Å². The third-order valence-corrected chi connectivity index (χ3v) is 2.11. The first-order valence-corrected chi connectivity index (χ1v) is 4.47. The van der Waals surface area contributed by atoms with Gasteiger partial charge in [-0.2, -0.15) is 0 Å². The van der Waals surface area contributed by atoms with Crippen molar-refractivity contribution in [1.29, 1.82) is 0 Å². The van der Waals surface area contributed by atoms with Crippen LogP contribution in [0.25, 0.3) is 11.1 Å². The summed E-state index contributed by atoms with van der Waals surface area (Å²) in [5, 5.41) is 0. The molecule has 2 aromatic rings. The Hall–Kier alpha value is -1.90. The van der Waals surface area contributed by atoms with Gasteiger partial charge in [0.05, 0.1) is 0 Å². The van der Waals surface area contributed by atoms with E-state index in [0.29, 0.717) is 11.3 Å². The zero-order chi connectivity index (χ0) is 10.8. The van der Waals surface area contributed by atoms with Crippen LogP contribution in [-0.4, -0.2) is 0 Å². The maximum absolute atomic E-state index is 12.9. The topological polar surface area (TPSA) is 26.0 Å². The van der Waals surface area contributed by atoms with Gasteiger partial charge in [0.1, 0.15) is 11.6 Å². The van der Waals surface area contributed by atoms with Crippen LogP contribution in [0.5, 0.6) is 0 Å². The molecule has 0 saturated carbocycles. The number of hydrogen-bond acceptors (Lipinski definition) is 1. The number of rotatable bonds is 1. The third-order valence-electron chi connectivity index (χ3n) is 2.11. The SMILES string of the molecule is Nc1ccc(-c2cc(F)cc(F)c2)cc1. The normalized spacial score (nSPS) is 10.3. The van der Waals surface area contributed by atoms with Crippen molar-refractivity contribution in [3.63, 3.8) is 0 Å². The lowest BCUT2D eigenvalue weighted by Gasteiger charge is -2.02. The molecular weight excluding hydrogens is 196 g/mol.